The second kappa shape index (κ2) is 5.37. The zero-order valence-corrected chi connectivity index (χ0v) is 11.5. The van der Waals surface area contributed by atoms with Crippen LogP contribution in [0.5, 0.6) is 0 Å². The molecule has 94 valence electrons. The van der Waals surface area contributed by atoms with Crippen molar-refractivity contribution < 1.29 is 5.11 Å². The van der Waals surface area contributed by atoms with Gasteiger partial charge in [0.25, 0.3) is 0 Å². The molecule has 0 saturated carbocycles. The Morgan fingerprint density at radius 1 is 1.00 bits per heavy atom. The molecule has 2 aromatic carbocycles. The van der Waals surface area contributed by atoms with E-state index >= 15 is 0 Å². The summed E-state index contributed by atoms with van der Waals surface area (Å²) in [6, 6.07) is 9.97. The van der Waals surface area contributed by atoms with Gasteiger partial charge in [0, 0.05) is 21.8 Å². The largest absolute Gasteiger partial charge is 0.398 e. The quantitative estimate of drug-likeness (QED) is 0.812. The Balaban J connectivity index is 2.51. The fourth-order valence-electron chi connectivity index (χ4n) is 1.68. The van der Waals surface area contributed by atoms with E-state index in [4.69, 9.17) is 40.5 Å². The van der Waals surface area contributed by atoms with E-state index in [1.54, 1.807) is 36.4 Å². The van der Waals surface area contributed by atoms with Crippen molar-refractivity contribution in [2.45, 2.75) is 6.10 Å². The Morgan fingerprint density at radius 2 is 1.72 bits per heavy atom. The van der Waals surface area contributed by atoms with Gasteiger partial charge in [-0.3, -0.25) is 0 Å². The number of halogens is 3. The Kier molecular flexibility index (Phi) is 4.03. The lowest BCUT2D eigenvalue weighted by Crippen LogP contribution is -2.04. The van der Waals surface area contributed by atoms with Gasteiger partial charge < -0.3 is 10.8 Å². The van der Waals surface area contributed by atoms with Crippen molar-refractivity contribution >= 4 is 40.5 Å². The normalized spacial score (nSPS) is 12.4. The molecule has 0 radical (unpaired) electrons. The van der Waals surface area contributed by atoms with Crippen LogP contribution in [0.4, 0.5) is 5.69 Å². The molecule has 0 saturated heterocycles. The van der Waals surface area contributed by atoms with E-state index in [9.17, 15) is 5.11 Å². The summed E-state index contributed by atoms with van der Waals surface area (Å²) >= 11 is 17.9. The fourth-order valence-corrected chi connectivity index (χ4v) is 2.27. The number of nitrogens with two attached hydrogens (primary N) is 1. The second-order valence-corrected chi connectivity index (χ2v) is 5.04. The molecule has 0 aliphatic rings. The summed E-state index contributed by atoms with van der Waals surface area (Å²) < 4.78 is 0. The predicted molar refractivity (Wildman–Crippen MR) is 76.4 cm³/mol. The van der Waals surface area contributed by atoms with Gasteiger partial charge in [-0.05, 0) is 24.3 Å². The molecule has 0 aliphatic carbocycles. The molecule has 0 fully saturated rings. The van der Waals surface area contributed by atoms with Crippen LogP contribution in [0.2, 0.25) is 15.1 Å². The average molecular weight is 303 g/mol. The molecule has 18 heavy (non-hydrogen) atoms. The SMILES string of the molecule is Nc1ccc(Cl)cc1C(O)c1cccc(Cl)c1Cl. The minimum absolute atomic E-state index is 0.311. The van der Waals surface area contributed by atoms with Gasteiger partial charge in [-0.25, -0.2) is 0 Å². The van der Waals surface area contributed by atoms with Crippen LogP contribution in [0.3, 0.4) is 0 Å². The second-order valence-electron chi connectivity index (χ2n) is 3.82. The Morgan fingerprint density at radius 3 is 2.44 bits per heavy atom. The molecule has 0 bridgehead atoms. The third-order valence-corrected chi connectivity index (χ3v) is 3.69. The maximum Gasteiger partial charge on any atom is 0.108 e. The Hall–Kier alpha value is -0.930. The molecule has 0 spiro atoms. The van der Waals surface area contributed by atoms with Crippen molar-refractivity contribution in [2.24, 2.45) is 0 Å². The van der Waals surface area contributed by atoms with Gasteiger partial charge in [0.2, 0.25) is 0 Å². The molecular weight excluding hydrogens is 293 g/mol. The van der Waals surface area contributed by atoms with Gasteiger partial charge >= 0.3 is 0 Å². The van der Waals surface area contributed by atoms with Crippen LogP contribution in [0.1, 0.15) is 17.2 Å². The monoisotopic (exact) mass is 301 g/mol. The molecular formula is C13H10Cl3NO. The molecule has 1 unspecified atom stereocenters. The Bertz CT molecular complexity index is 584. The highest BCUT2D eigenvalue weighted by atomic mass is 35.5. The zero-order chi connectivity index (χ0) is 13.3. The first-order chi connectivity index (χ1) is 8.50. The topological polar surface area (TPSA) is 46.2 Å². The number of hydrogen-bond acceptors (Lipinski definition) is 2. The third-order valence-electron chi connectivity index (χ3n) is 2.62. The molecule has 2 rings (SSSR count). The summed E-state index contributed by atoms with van der Waals surface area (Å²) in [5.41, 5.74) is 7.27. The number of anilines is 1. The lowest BCUT2D eigenvalue weighted by molar-refractivity contribution is 0.221. The highest BCUT2D eigenvalue weighted by Crippen LogP contribution is 2.35. The van der Waals surface area contributed by atoms with Gasteiger partial charge in [-0.2, -0.15) is 0 Å². The molecule has 5 heteroatoms. The van der Waals surface area contributed by atoms with Crippen LogP contribution in [-0.4, -0.2) is 5.11 Å². The molecule has 0 heterocycles. The summed E-state index contributed by atoms with van der Waals surface area (Å²) in [7, 11) is 0. The van der Waals surface area contributed by atoms with Gasteiger partial charge in [0.15, 0.2) is 0 Å². The van der Waals surface area contributed by atoms with Gasteiger partial charge in [-0.1, -0.05) is 46.9 Å². The van der Waals surface area contributed by atoms with Gasteiger partial charge in [0.1, 0.15) is 6.10 Å². The standard InChI is InChI=1S/C13H10Cl3NO/c14-7-4-5-11(17)9(6-7)13(18)8-2-1-3-10(15)12(8)16/h1-6,13,18H,17H2. The Labute approximate surface area is 120 Å². The lowest BCUT2D eigenvalue weighted by Gasteiger charge is -2.16. The van der Waals surface area contributed by atoms with E-state index < -0.39 is 6.10 Å². The van der Waals surface area contributed by atoms with Crippen molar-refractivity contribution in [2.75, 3.05) is 5.73 Å². The van der Waals surface area contributed by atoms with Crippen molar-refractivity contribution in [1.82, 2.24) is 0 Å². The molecule has 0 aliphatic heterocycles. The highest BCUT2D eigenvalue weighted by molar-refractivity contribution is 6.42. The first kappa shape index (κ1) is 13.5. The molecule has 0 amide bonds. The van der Waals surface area contributed by atoms with Crippen LogP contribution >= 0.6 is 34.8 Å². The van der Waals surface area contributed by atoms with Crippen LogP contribution in [0.15, 0.2) is 36.4 Å². The number of hydrogen-bond donors (Lipinski definition) is 2. The van der Waals surface area contributed by atoms with Crippen molar-refractivity contribution in [1.29, 1.82) is 0 Å². The first-order valence-corrected chi connectivity index (χ1v) is 6.31. The number of aliphatic hydroxyl groups is 1. The maximum absolute atomic E-state index is 10.3. The van der Waals surface area contributed by atoms with E-state index in [2.05, 4.69) is 0 Å². The minimum atomic E-state index is -0.963. The third kappa shape index (κ3) is 2.57. The van der Waals surface area contributed by atoms with Crippen molar-refractivity contribution in [3.63, 3.8) is 0 Å². The summed E-state index contributed by atoms with van der Waals surface area (Å²) in [5, 5.41) is 11.5. The smallest absolute Gasteiger partial charge is 0.108 e. The number of benzene rings is 2. The van der Waals surface area contributed by atoms with E-state index in [0.717, 1.165) is 0 Å². The highest BCUT2D eigenvalue weighted by Gasteiger charge is 2.18. The van der Waals surface area contributed by atoms with Gasteiger partial charge in [-0.15, -0.1) is 0 Å². The fraction of sp³-hybridized carbons (Fsp3) is 0.0769. The van der Waals surface area contributed by atoms with E-state index in [0.29, 0.717) is 31.9 Å². The number of aliphatic hydroxyl groups excluding tert-OH is 1. The number of nitrogen functional groups attached to an aromatic ring is 1. The van der Waals surface area contributed by atoms with E-state index in [1.807, 2.05) is 0 Å². The molecule has 3 N–H and O–H groups in total. The predicted octanol–water partition coefficient (Wildman–Crippen LogP) is 4.31. The number of rotatable bonds is 2. The lowest BCUT2D eigenvalue weighted by atomic mass is 10.00. The van der Waals surface area contributed by atoms with Crippen molar-refractivity contribution in [3.8, 4) is 0 Å². The maximum atomic E-state index is 10.3. The van der Waals surface area contributed by atoms with Crippen LogP contribution < -0.4 is 5.73 Å². The summed E-state index contributed by atoms with van der Waals surface area (Å²) in [6.45, 7) is 0. The first-order valence-electron chi connectivity index (χ1n) is 5.17. The van der Waals surface area contributed by atoms with Gasteiger partial charge in [0.05, 0.1) is 10.0 Å². The molecule has 1 atom stereocenters. The minimum Gasteiger partial charge on any atom is -0.398 e. The van der Waals surface area contributed by atoms with Crippen molar-refractivity contribution in [3.05, 3.63) is 62.6 Å². The van der Waals surface area contributed by atoms with E-state index in [1.165, 1.54) is 0 Å². The summed E-state index contributed by atoms with van der Waals surface area (Å²) in [6.07, 6.45) is -0.963. The van der Waals surface area contributed by atoms with E-state index in [-0.39, 0.29) is 0 Å². The zero-order valence-electron chi connectivity index (χ0n) is 9.20. The molecule has 2 nitrogen and oxygen atoms in total. The van der Waals surface area contributed by atoms with Crippen LogP contribution in [0, 0.1) is 0 Å². The average Bonchev–Trinajstić information content (AvgIpc) is 2.35. The summed E-state index contributed by atoms with van der Waals surface area (Å²) in [5.74, 6) is 0. The molecule has 2 aromatic rings. The molecule has 0 aromatic heterocycles. The van der Waals surface area contributed by atoms with Crippen LogP contribution in [-0.2, 0) is 0 Å². The summed E-state index contributed by atoms with van der Waals surface area (Å²) in [4.78, 5) is 0. The van der Waals surface area contributed by atoms with Crippen LogP contribution in [0.25, 0.3) is 0 Å².